The smallest absolute Gasteiger partial charge is 0.201 e. The Kier molecular flexibility index (Phi) is 6.85. The van der Waals surface area contributed by atoms with Crippen LogP contribution in [0.2, 0.25) is 0 Å². The van der Waals surface area contributed by atoms with Gasteiger partial charge in [0.2, 0.25) is 5.78 Å². The molecule has 0 fully saturated rings. The largest absolute Gasteiger partial charge is 0.507 e. The Morgan fingerprint density at radius 1 is 0.529 bits per heavy atom. The van der Waals surface area contributed by atoms with Crippen molar-refractivity contribution in [2.24, 2.45) is 0 Å². The van der Waals surface area contributed by atoms with E-state index in [1.165, 1.54) is 41.5 Å². The van der Waals surface area contributed by atoms with Crippen molar-refractivity contribution in [1.29, 1.82) is 0 Å². The molecule has 0 aromatic heterocycles. The van der Waals surface area contributed by atoms with E-state index in [2.05, 4.69) is 60.7 Å². The molecule has 0 unspecified atom stereocenters. The maximum atomic E-state index is 12.4. The predicted octanol–water partition coefficient (Wildman–Crippen LogP) is 4.84. The van der Waals surface area contributed by atoms with E-state index in [1.54, 1.807) is 0 Å². The summed E-state index contributed by atoms with van der Waals surface area (Å²) in [6.45, 7) is -0.352. The van der Waals surface area contributed by atoms with Crippen LogP contribution in [-0.2, 0) is 19.4 Å². The molecule has 0 saturated heterocycles. The van der Waals surface area contributed by atoms with Gasteiger partial charge < -0.3 is 15.3 Å². The lowest BCUT2D eigenvalue weighted by atomic mass is 9.82. The van der Waals surface area contributed by atoms with Crippen LogP contribution in [0.25, 0.3) is 0 Å². The van der Waals surface area contributed by atoms with Crippen molar-refractivity contribution in [3.8, 4) is 11.5 Å². The first-order valence-corrected chi connectivity index (χ1v) is 11.0. The second kappa shape index (κ2) is 10.1. The molecule has 0 atom stereocenters. The average Bonchev–Trinajstić information content (AvgIpc) is 2.87. The molecule has 34 heavy (non-hydrogen) atoms. The molecule has 5 nitrogen and oxygen atoms in total. The molecule has 5 heteroatoms. The number of aromatic hydroxyl groups is 2. The Morgan fingerprint density at radius 3 is 1.65 bits per heavy atom. The third-order valence-electron chi connectivity index (χ3n) is 5.73. The summed E-state index contributed by atoms with van der Waals surface area (Å²) >= 11 is 0. The molecule has 0 radical (unpaired) electrons. The number of carbonyl (C=O) groups is 2. The summed E-state index contributed by atoms with van der Waals surface area (Å²) in [6, 6.07) is 28.1. The molecular formula is C29H24O5. The first-order valence-electron chi connectivity index (χ1n) is 11.0. The number of aryl methyl sites for hydroxylation is 2. The summed E-state index contributed by atoms with van der Waals surface area (Å²) in [7, 11) is 0. The highest BCUT2D eigenvalue weighted by Crippen LogP contribution is 2.37. The molecule has 4 aromatic carbocycles. The number of hydrogen-bond acceptors (Lipinski definition) is 5. The van der Waals surface area contributed by atoms with Gasteiger partial charge in [0.1, 0.15) is 11.5 Å². The number of rotatable bonds is 4. The first kappa shape index (κ1) is 23.0. The fraction of sp³-hybridized carbons (Fsp3) is 0.103. The number of aliphatic hydroxyl groups is 1. The summed E-state index contributed by atoms with van der Waals surface area (Å²) in [4.78, 5) is 24.7. The Balaban J connectivity index is 0.000000172. The quantitative estimate of drug-likeness (QED) is 0.363. The summed E-state index contributed by atoms with van der Waals surface area (Å²) in [5, 5.41) is 28.8. The van der Waals surface area contributed by atoms with Crippen molar-refractivity contribution in [3.63, 3.8) is 0 Å². The molecule has 3 N–H and O–H groups in total. The Morgan fingerprint density at radius 2 is 1.09 bits per heavy atom. The van der Waals surface area contributed by atoms with Crippen molar-refractivity contribution >= 4 is 11.6 Å². The summed E-state index contributed by atoms with van der Waals surface area (Å²) in [5.74, 6) is -1.73. The second-order valence-corrected chi connectivity index (χ2v) is 8.02. The number of aliphatic hydroxyl groups excluding tert-OH is 1. The lowest BCUT2D eigenvalue weighted by molar-refractivity contribution is 0.0974. The van der Waals surface area contributed by atoms with Crippen molar-refractivity contribution in [2.45, 2.75) is 19.4 Å². The van der Waals surface area contributed by atoms with Gasteiger partial charge in [-0.3, -0.25) is 9.59 Å². The van der Waals surface area contributed by atoms with Gasteiger partial charge in [-0.05, 0) is 47.7 Å². The molecule has 5 rings (SSSR count). The van der Waals surface area contributed by atoms with Crippen LogP contribution in [0.3, 0.4) is 0 Å². The molecule has 1 aliphatic carbocycles. The third kappa shape index (κ3) is 4.75. The lowest BCUT2D eigenvalue weighted by Crippen LogP contribution is -2.21. The fourth-order valence-electron chi connectivity index (χ4n) is 4.01. The molecule has 0 spiro atoms. The van der Waals surface area contributed by atoms with E-state index >= 15 is 0 Å². The van der Waals surface area contributed by atoms with Crippen LogP contribution in [-0.4, -0.2) is 26.9 Å². The van der Waals surface area contributed by atoms with Crippen molar-refractivity contribution in [2.75, 3.05) is 0 Å². The van der Waals surface area contributed by atoms with E-state index in [-0.39, 0.29) is 40.4 Å². The third-order valence-corrected chi connectivity index (χ3v) is 5.73. The molecule has 170 valence electrons. The number of ketones is 2. The monoisotopic (exact) mass is 452 g/mol. The number of phenols is 2. The Bertz CT molecular complexity index is 1290. The van der Waals surface area contributed by atoms with Crippen LogP contribution >= 0.6 is 0 Å². The normalized spacial score (nSPS) is 11.8. The topological polar surface area (TPSA) is 94.8 Å². The molecule has 4 aromatic rings. The van der Waals surface area contributed by atoms with Crippen molar-refractivity contribution in [3.05, 3.63) is 130 Å². The first-order chi connectivity index (χ1) is 16.5. The zero-order chi connectivity index (χ0) is 24.1. The van der Waals surface area contributed by atoms with E-state index in [0.29, 0.717) is 5.56 Å². The Hall–Kier alpha value is -4.22. The number of benzene rings is 4. The highest BCUT2D eigenvalue weighted by Gasteiger charge is 2.34. The second-order valence-electron chi connectivity index (χ2n) is 8.02. The van der Waals surface area contributed by atoms with E-state index < -0.39 is 11.6 Å². The van der Waals surface area contributed by atoms with E-state index in [4.69, 9.17) is 5.11 Å². The molecular weight excluding hydrogens is 428 g/mol. The highest BCUT2D eigenvalue weighted by molar-refractivity contribution is 6.30. The van der Waals surface area contributed by atoms with Gasteiger partial charge in [0.15, 0.2) is 5.78 Å². The minimum Gasteiger partial charge on any atom is -0.507 e. The maximum Gasteiger partial charge on any atom is 0.201 e. The molecule has 0 heterocycles. The van der Waals surface area contributed by atoms with E-state index in [0.717, 1.165) is 12.8 Å². The molecule has 1 aliphatic rings. The number of carbonyl (C=O) groups excluding carboxylic acids is 2. The van der Waals surface area contributed by atoms with Crippen LogP contribution in [0.4, 0.5) is 0 Å². The van der Waals surface area contributed by atoms with Crippen LogP contribution in [0, 0.1) is 0 Å². The van der Waals surface area contributed by atoms with Crippen molar-refractivity contribution in [1.82, 2.24) is 0 Å². The summed E-state index contributed by atoms with van der Waals surface area (Å²) in [6.07, 6.45) is 2.26. The molecule has 0 amide bonds. The standard InChI is InChI=1S/C15H10O5.C14H14/c16-6-7-4-9-13(11(18)5-7)15(20)12-8(14(9)19)2-1-3-10(12)17;1-3-7-13(8-4-1)11-12-14-9-5-2-6-10-14/h1-5,16-18H,6H2;1-10H,11-12H2. The fourth-order valence-corrected chi connectivity index (χ4v) is 4.01. The number of hydrogen-bond donors (Lipinski definition) is 3. The van der Waals surface area contributed by atoms with Gasteiger partial charge in [-0.15, -0.1) is 0 Å². The predicted molar refractivity (Wildman–Crippen MR) is 129 cm³/mol. The summed E-state index contributed by atoms with van der Waals surface area (Å²) in [5.41, 5.74) is 3.06. The van der Waals surface area contributed by atoms with Gasteiger partial charge in [-0.25, -0.2) is 0 Å². The lowest BCUT2D eigenvalue weighted by Gasteiger charge is -2.19. The van der Waals surface area contributed by atoms with Crippen molar-refractivity contribution < 1.29 is 24.9 Å². The summed E-state index contributed by atoms with van der Waals surface area (Å²) < 4.78 is 0. The van der Waals surface area contributed by atoms with E-state index in [1.807, 2.05) is 0 Å². The van der Waals surface area contributed by atoms with Crippen LogP contribution in [0.15, 0.2) is 91.0 Å². The molecule has 0 bridgehead atoms. The van der Waals surface area contributed by atoms with Crippen LogP contribution < -0.4 is 0 Å². The van der Waals surface area contributed by atoms with Gasteiger partial charge in [0.05, 0.1) is 17.7 Å². The van der Waals surface area contributed by atoms with Crippen LogP contribution in [0.1, 0.15) is 48.5 Å². The average molecular weight is 453 g/mol. The SMILES string of the molecule is O=C1c2cccc(O)c2C(=O)c2c(O)cc(CO)cc21.c1ccc(CCc2ccccc2)cc1. The highest BCUT2D eigenvalue weighted by atomic mass is 16.3. The molecule has 0 aliphatic heterocycles. The molecule has 0 saturated carbocycles. The zero-order valence-corrected chi connectivity index (χ0v) is 18.4. The van der Waals surface area contributed by atoms with Gasteiger partial charge in [-0.2, -0.15) is 0 Å². The van der Waals surface area contributed by atoms with Gasteiger partial charge in [0.25, 0.3) is 0 Å². The van der Waals surface area contributed by atoms with Gasteiger partial charge >= 0.3 is 0 Å². The number of phenolic OH excluding ortho intramolecular Hbond substituents is 2. The minimum absolute atomic E-state index is 0.0390. The van der Waals surface area contributed by atoms with Gasteiger partial charge in [0, 0.05) is 11.1 Å². The number of fused-ring (bicyclic) bond motifs is 2. The maximum absolute atomic E-state index is 12.4. The van der Waals surface area contributed by atoms with Gasteiger partial charge in [-0.1, -0.05) is 72.8 Å². The van der Waals surface area contributed by atoms with Crippen LogP contribution in [0.5, 0.6) is 11.5 Å². The Labute approximate surface area is 197 Å². The zero-order valence-electron chi connectivity index (χ0n) is 18.4. The van der Waals surface area contributed by atoms with E-state index in [9.17, 15) is 19.8 Å². The minimum atomic E-state index is -0.602.